The number of hydrogen-bond donors (Lipinski definition) is 1. The second-order valence-electron chi connectivity index (χ2n) is 11.8. The van der Waals surface area contributed by atoms with E-state index in [1.165, 1.54) is 70.6 Å². The molecule has 27 heavy (non-hydrogen) atoms. The molecule has 4 saturated carbocycles. The molecule has 9 atom stereocenters. The van der Waals surface area contributed by atoms with Crippen LogP contribution in [0.4, 0.5) is 0 Å². The van der Waals surface area contributed by atoms with Crippen LogP contribution in [0.5, 0.6) is 0 Å². The molecule has 1 N–H and O–H groups in total. The highest BCUT2D eigenvalue weighted by atomic mass is 16.3. The molecule has 4 aliphatic rings. The first-order valence-electron chi connectivity index (χ1n) is 12.5. The van der Waals surface area contributed by atoms with E-state index >= 15 is 0 Å². The van der Waals surface area contributed by atoms with Crippen LogP contribution in [0.15, 0.2) is 0 Å². The Morgan fingerprint density at radius 1 is 0.926 bits per heavy atom. The van der Waals surface area contributed by atoms with E-state index in [4.69, 9.17) is 0 Å². The third-order valence-electron chi connectivity index (χ3n) is 10.8. The molecule has 1 nitrogen and oxygen atoms in total. The largest absolute Gasteiger partial charge is 0.396 e. The fourth-order valence-electron chi connectivity index (χ4n) is 9.32. The highest BCUT2D eigenvalue weighted by Crippen LogP contribution is 2.67. The smallest absolute Gasteiger partial charge is 0.0459 e. The van der Waals surface area contributed by atoms with Gasteiger partial charge in [-0.1, -0.05) is 47.0 Å². The van der Waals surface area contributed by atoms with Crippen LogP contribution in [-0.4, -0.2) is 11.7 Å². The summed E-state index contributed by atoms with van der Waals surface area (Å²) in [5.41, 5.74) is 1.15. The van der Waals surface area contributed by atoms with Crippen LogP contribution >= 0.6 is 0 Å². The molecule has 0 radical (unpaired) electrons. The maximum atomic E-state index is 9.89. The normalized spacial score (nSPS) is 51.0. The Labute approximate surface area is 169 Å². The Morgan fingerprint density at radius 3 is 2.41 bits per heavy atom. The second kappa shape index (κ2) is 7.66. The SMILES string of the molecule is CCC[C@H]1CC[C@@]2(C)C(CC[C@@H]3C2CC[C@@]2(C)C3CCC[C@@H]2[C@@H](C)CO)C1. The maximum Gasteiger partial charge on any atom is 0.0459 e. The molecule has 0 saturated heterocycles. The molecule has 0 aromatic heterocycles. The fraction of sp³-hybridized carbons (Fsp3) is 1.00. The Kier molecular flexibility index (Phi) is 5.74. The van der Waals surface area contributed by atoms with Gasteiger partial charge in [0.1, 0.15) is 0 Å². The van der Waals surface area contributed by atoms with Crippen molar-refractivity contribution in [1.82, 2.24) is 0 Å². The lowest BCUT2D eigenvalue weighted by Gasteiger charge is -2.64. The van der Waals surface area contributed by atoms with Crippen molar-refractivity contribution in [3.63, 3.8) is 0 Å². The van der Waals surface area contributed by atoms with Gasteiger partial charge in [-0.05, 0) is 110 Å². The standard InChI is InChI=1S/C26H46O/c1-5-7-19-12-14-25(3)20(16-19)10-11-21-23-9-6-8-22(18(2)17-27)26(23,4)15-13-24(21)25/h18-24,27H,5-17H2,1-4H3/t18-,19-,20?,21-,22+,23?,24?,25-,26+/m0/s1. The van der Waals surface area contributed by atoms with E-state index in [0.29, 0.717) is 23.4 Å². The zero-order valence-electron chi connectivity index (χ0n) is 18.7. The van der Waals surface area contributed by atoms with Gasteiger partial charge in [0, 0.05) is 6.61 Å². The predicted molar refractivity (Wildman–Crippen MR) is 114 cm³/mol. The number of aliphatic hydroxyl groups excluding tert-OH is 1. The van der Waals surface area contributed by atoms with Crippen LogP contribution in [0.1, 0.15) is 105 Å². The lowest BCUT2D eigenvalue weighted by Crippen LogP contribution is -2.57. The molecule has 0 bridgehead atoms. The molecule has 4 fully saturated rings. The van der Waals surface area contributed by atoms with Crippen molar-refractivity contribution in [3.8, 4) is 0 Å². The summed E-state index contributed by atoms with van der Waals surface area (Å²) in [7, 11) is 0. The first kappa shape index (κ1) is 20.2. The lowest BCUT2D eigenvalue weighted by atomic mass is 9.41. The minimum absolute atomic E-state index is 0.389. The monoisotopic (exact) mass is 374 g/mol. The quantitative estimate of drug-likeness (QED) is 0.557. The third-order valence-corrected chi connectivity index (χ3v) is 10.8. The van der Waals surface area contributed by atoms with Crippen LogP contribution < -0.4 is 0 Å². The second-order valence-corrected chi connectivity index (χ2v) is 11.8. The van der Waals surface area contributed by atoms with Crippen LogP contribution in [0.25, 0.3) is 0 Å². The minimum Gasteiger partial charge on any atom is -0.396 e. The first-order valence-corrected chi connectivity index (χ1v) is 12.5. The molecule has 0 aromatic carbocycles. The van der Waals surface area contributed by atoms with E-state index in [-0.39, 0.29) is 0 Å². The highest BCUT2D eigenvalue weighted by molar-refractivity contribution is 5.08. The van der Waals surface area contributed by atoms with Crippen LogP contribution in [0.3, 0.4) is 0 Å². The molecule has 3 unspecified atom stereocenters. The molecule has 4 rings (SSSR count). The molecule has 0 heterocycles. The number of aliphatic hydroxyl groups is 1. The van der Waals surface area contributed by atoms with Crippen LogP contribution in [-0.2, 0) is 0 Å². The fourth-order valence-corrected chi connectivity index (χ4v) is 9.32. The van der Waals surface area contributed by atoms with Crippen molar-refractivity contribution in [2.45, 2.75) is 105 Å². The molecular formula is C26H46O. The summed E-state index contributed by atoms with van der Waals surface area (Å²) in [6, 6.07) is 0. The number of rotatable bonds is 4. The molecule has 0 spiro atoms. The van der Waals surface area contributed by atoms with Gasteiger partial charge in [0.25, 0.3) is 0 Å². The number of fused-ring (bicyclic) bond motifs is 5. The van der Waals surface area contributed by atoms with Gasteiger partial charge in [-0.3, -0.25) is 0 Å². The summed E-state index contributed by atoms with van der Waals surface area (Å²) in [4.78, 5) is 0. The van der Waals surface area contributed by atoms with Gasteiger partial charge in [0.15, 0.2) is 0 Å². The van der Waals surface area contributed by atoms with Crippen molar-refractivity contribution < 1.29 is 5.11 Å². The van der Waals surface area contributed by atoms with Gasteiger partial charge in [-0.15, -0.1) is 0 Å². The topological polar surface area (TPSA) is 20.2 Å². The van der Waals surface area contributed by atoms with Crippen LogP contribution in [0.2, 0.25) is 0 Å². The van der Waals surface area contributed by atoms with Gasteiger partial charge in [-0.2, -0.15) is 0 Å². The van der Waals surface area contributed by atoms with Gasteiger partial charge in [-0.25, -0.2) is 0 Å². The van der Waals surface area contributed by atoms with Crippen molar-refractivity contribution in [3.05, 3.63) is 0 Å². The maximum absolute atomic E-state index is 9.89. The zero-order chi connectivity index (χ0) is 19.2. The van der Waals surface area contributed by atoms with E-state index in [9.17, 15) is 5.11 Å². The Bertz CT molecular complexity index is 514. The van der Waals surface area contributed by atoms with Crippen molar-refractivity contribution in [1.29, 1.82) is 0 Å². The van der Waals surface area contributed by atoms with E-state index in [0.717, 1.165) is 35.5 Å². The first-order chi connectivity index (χ1) is 12.9. The van der Waals surface area contributed by atoms with E-state index in [1.54, 1.807) is 6.42 Å². The van der Waals surface area contributed by atoms with E-state index < -0.39 is 0 Å². The third kappa shape index (κ3) is 3.23. The molecular weight excluding hydrogens is 328 g/mol. The Balaban J connectivity index is 1.55. The molecule has 156 valence electrons. The van der Waals surface area contributed by atoms with Crippen molar-refractivity contribution in [2.24, 2.45) is 52.3 Å². The summed E-state index contributed by atoms with van der Waals surface area (Å²) >= 11 is 0. The highest BCUT2D eigenvalue weighted by Gasteiger charge is 2.59. The average Bonchev–Trinajstić information content (AvgIpc) is 2.66. The summed E-state index contributed by atoms with van der Waals surface area (Å²) in [6.45, 7) is 10.4. The minimum atomic E-state index is 0.389. The number of hydrogen-bond acceptors (Lipinski definition) is 1. The lowest BCUT2D eigenvalue weighted by molar-refractivity contribution is -0.154. The summed E-state index contributed by atoms with van der Waals surface area (Å²) in [5, 5.41) is 9.89. The van der Waals surface area contributed by atoms with Crippen molar-refractivity contribution >= 4 is 0 Å². The predicted octanol–water partition coefficient (Wildman–Crippen LogP) is 7.08. The van der Waals surface area contributed by atoms with E-state index in [2.05, 4.69) is 27.7 Å². The van der Waals surface area contributed by atoms with Crippen LogP contribution in [0, 0.1) is 52.3 Å². The summed E-state index contributed by atoms with van der Waals surface area (Å²) < 4.78 is 0. The molecule has 0 amide bonds. The summed E-state index contributed by atoms with van der Waals surface area (Å²) in [6.07, 6.45) is 17.6. The summed E-state index contributed by atoms with van der Waals surface area (Å²) in [5.74, 6) is 6.22. The van der Waals surface area contributed by atoms with Gasteiger partial charge in [0.05, 0.1) is 0 Å². The average molecular weight is 375 g/mol. The zero-order valence-corrected chi connectivity index (χ0v) is 18.7. The molecule has 0 aromatic rings. The Morgan fingerprint density at radius 2 is 1.67 bits per heavy atom. The Hall–Kier alpha value is -0.0400. The van der Waals surface area contributed by atoms with Gasteiger partial charge < -0.3 is 5.11 Å². The molecule has 1 heteroatoms. The van der Waals surface area contributed by atoms with Gasteiger partial charge in [0.2, 0.25) is 0 Å². The van der Waals surface area contributed by atoms with Gasteiger partial charge >= 0.3 is 0 Å². The van der Waals surface area contributed by atoms with E-state index in [1.807, 2.05) is 0 Å². The van der Waals surface area contributed by atoms with Crippen molar-refractivity contribution in [2.75, 3.05) is 6.61 Å². The molecule has 0 aliphatic heterocycles. The molecule has 4 aliphatic carbocycles.